The number of nitrogens with one attached hydrogen (secondary N) is 2. The molecule has 1 amide bonds. The first-order valence-corrected chi connectivity index (χ1v) is 7.21. The molecule has 0 rings (SSSR count). The lowest BCUT2D eigenvalue weighted by atomic mass is 10.2. The van der Waals surface area contributed by atoms with Crippen molar-refractivity contribution in [2.24, 2.45) is 0 Å². The molecule has 0 aliphatic carbocycles. The van der Waals surface area contributed by atoms with Crippen LogP contribution in [0.2, 0.25) is 0 Å². The van der Waals surface area contributed by atoms with Gasteiger partial charge >= 0.3 is 6.09 Å². The molecule has 5 heteroatoms. The molecule has 0 atom stereocenters. The second-order valence-electron chi connectivity index (χ2n) is 5.50. The molecule has 0 spiro atoms. The Morgan fingerprint density at radius 2 is 1.74 bits per heavy atom. The summed E-state index contributed by atoms with van der Waals surface area (Å²) in [5, 5.41) is 5.97. The van der Waals surface area contributed by atoms with Crippen molar-refractivity contribution in [1.29, 1.82) is 0 Å². The van der Waals surface area contributed by atoms with Crippen molar-refractivity contribution < 1.29 is 14.3 Å². The van der Waals surface area contributed by atoms with Crippen molar-refractivity contribution in [3.63, 3.8) is 0 Å². The van der Waals surface area contributed by atoms with Crippen LogP contribution in [0.5, 0.6) is 0 Å². The molecule has 0 saturated carbocycles. The van der Waals surface area contributed by atoms with Crippen molar-refractivity contribution in [2.45, 2.75) is 52.6 Å². The summed E-state index contributed by atoms with van der Waals surface area (Å²) in [6, 6.07) is 0. The number of hydrogen-bond donors (Lipinski definition) is 2. The zero-order valence-electron chi connectivity index (χ0n) is 12.9. The number of amides is 1. The highest BCUT2D eigenvalue weighted by Gasteiger charge is 2.15. The van der Waals surface area contributed by atoms with E-state index in [2.05, 4.69) is 17.6 Å². The van der Waals surface area contributed by atoms with E-state index in [1.807, 2.05) is 20.8 Å². The molecule has 0 aromatic rings. The summed E-state index contributed by atoms with van der Waals surface area (Å²) in [5.74, 6) is 0. The van der Waals surface area contributed by atoms with Gasteiger partial charge in [-0.15, -0.1) is 0 Å². The Bertz CT molecular complexity index is 227. The molecule has 2 N–H and O–H groups in total. The number of carbonyl (C=O) groups is 1. The quantitative estimate of drug-likeness (QED) is 0.600. The standard InChI is InChI=1S/C14H30N2O3/c1-5-6-7-8-15-9-11-18-12-10-16-13(17)19-14(2,3)4/h15H,5-12H2,1-4H3,(H,16,17). The van der Waals surface area contributed by atoms with E-state index >= 15 is 0 Å². The molecule has 0 aromatic heterocycles. The van der Waals surface area contributed by atoms with E-state index in [-0.39, 0.29) is 0 Å². The van der Waals surface area contributed by atoms with Crippen LogP contribution >= 0.6 is 0 Å². The molecule has 114 valence electrons. The fraction of sp³-hybridized carbons (Fsp3) is 0.929. The lowest BCUT2D eigenvalue weighted by Crippen LogP contribution is -2.34. The maximum atomic E-state index is 11.3. The van der Waals surface area contributed by atoms with Crippen LogP contribution in [0.4, 0.5) is 4.79 Å². The van der Waals surface area contributed by atoms with Crippen molar-refractivity contribution >= 4 is 6.09 Å². The van der Waals surface area contributed by atoms with E-state index in [9.17, 15) is 4.79 Å². The van der Waals surface area contributed by atoms with Gasteiger partial charge in [0.25, 0.3) is 0 Å². The smallest absolute Gasteiger partial charge is 0.407 e. The van der Waals surface area contributed by atoms with Gasteiger partial charge < -0.3 is 20.1 Å². The van der Waals surface area contributed by atoms with Gasteiger partial charge in [0.2, 0.25) is 0 Å². The first-order valence-electron chi connectivity index (χ1n) is 7.21. The molecule has 19 heavy (non-hydrogen) atoms. The van der Waals surface area contributed by atoms with Gasteiger partial charge in [0.05, 0.1) is 13.2 Å². The van der Waals surface area contributed by atoms with E-state index in [1.165, 1.54) is 19.3 Å². The van der Waals surface area contributed by atoms with E-state index in [4.69, 9.17) is 9.47 Å². The highest BCUT2D eigenvalue weighted by molar-refractivity contribution is 5.67. The minimum atomic E-state index is -0.451. The molecule has 0 fully saturated rings. The molecular weight excluding hydrogens is 244 g/mol. The molecule has 5 nitrogen and oxygen atoms in total. The Balaban J connectivity index is 3.21. The summed E-state index contributed by atoms with van der Waals surface area (Å²) in [6.07, 6.45) is 3.34. The molecule has 0 aromatic carbocycles. The van der Waals surface area contributed by atoms with Crippen LogP contribution in [0.15, 0.2) is 0 Å². The van der Waals surface area contributed by atoms with Crippen molar-refractivity contribution in [1.82, 2.24) is 10.6 Å². The zero-order chi connectivity index (χ0) is 14.6. The van der Waals surface area contributed by atoms with Crippen LogP contribution in [0.1, 0.15) is 47.0 Å². The number of alkyl carbamates (subject to hydrolysis) is 1. The fourth-order valence-corrected chi connectivity index (χ4v) is 1.41. The number of carbonyl (C=O) groups excluding carboxylic acids is 1. The first-order chi connectivity index (χ1) is 8.95. The minimum Gasteiger partial charge on any atom is -0.444 e. The summed E-state index contributed by atoms with van der Waals surface area (Å²) in [6.45, 7) is 11.3. The van der Waals surface area contributed by atoms with Gasteiger partial charge in [-0.2, -0.15) is 0 Å². The maximum absolute atomic E-state index is 11.3. The average Bonchev–Trinajstić information content (AvgIpc) is 2.29. The van der Waals surface area contributed by atoms with Gasteiger partial charge in [-0.3, -0.25) is 0 Å². The van der Waals surface area contributed by atoms with Crippen LogP contribution in [0.25, 0.3) is 0 Å². The van der Waals surface area contributed by atoms with Crippen LogP contribution < -0.4 is 10.6 Å². The summed E-state index contributed by atoms with van der Waals surface area (Å²) >= 11 is 0. The maximum Gasteiger partial charge on any atom is 0.407 e. The normalized spacial score (nSPS) is 11.4. The van der Waals surface area contributed by atoms with Crippen molar-refractivity contribution in [3.05, 3.63) is 0 Å². The average molecular weight is 274 g/mol. The Morgan fingerprint density at radius 1 is 1.05 bits per heavy atom. The Morgan fingerprint density at radius 3 is 2.37 bits per heavy atom. The summed E-state index contributed by atoms with van der Waals surface area (Å²) in [5.41, 5.74) is -0.451. The third kappa shape index (κ3) is 15.1. The summed E-state index contributed by atoms with van der Waals surface area (Å²) in [7, 11) is 0. The van der Waals surface area contributed by atoms with Gasteiger partial charge in [-0.25, -0.2) is 4.79 Å². The van der Waals surface area contributed by atoms with Crippen LogP contribution in [0, 0.1) is 0 Å². The lowest BCUT2D eigenvalue weighted by molar-refractivity contribution is 0.0500. The second-order valence-corrected chi connectivity index (χ2v) is 5.50. The second kappa shape index (κ2) is 11.1. The summed E-state index contributed by atoms with van der Waals surface area (Å²) in [4.78, 5) is 11.3. The van der Waals surface area contributed by atoms with E-state index in [0.717, 1.165) is 13.1 Å². The third-order valence-corrected chi connectivity index (χ3v) is 2.29. The SMILES string of the molecule is CCCCCNCCOCCNC(=O)OC(C)(C)C. The van der Waals surface area contributed by atoms with Gasteiger partial charge in [-0.05, 0) is 33.7 Å². The lowest BCUT2D eigenvalue weighted by Gasteiger charge is -2.19. The Kier molecular flexibility index (Phi) is 10.6. The predicted molar refractivity (Wildman–Crippen MR) is 77.5 cm³/mol. The number of rotatable bonds is 10. The fourth-order valence-electron chi connectivity index (χ4n) is 1.41. The van der Waals surface area contributed by atoms with Gasteiger partial charge in [0.1, 0.15) is 5.60 Å². The minimum absolute atomic E-state index is 0.395. The molecule has 0 saturated heterocycles. The van der Waals surface area contributed by atoms with Crippen LogP contribution in [-0.4, -0.2) is 44.5 Å². The molecule has 0 bridgehead atoms. The molecule has 0 aliphatic heterocycles. The first kappa shape index (κ1) is 18.2. The molecule has 0 aliphatic rings. The highest BCUT2D eigenvalue weighted by atomic mass is 16.6. The van der Waals surface area contributed by atoms with E-state index < -0.39 is 11.7 Å². The molecule has 0 heterocycles. The predicted octanol–water partition coefficient (Wildman–Crippen LogP) is 2.31. The Hall–Kier alpha value is -0.810. The highest BCUT2D eigenvalue weighted by Crippen LogP contribution is 2.05. The zero-order valence-corrected chi connectivity index (χ0v) is 12.9. The monoisotopic (exact) mass is 274 g/mol. The largest absolute Gasteiger partial charge is 0.444 e. The Labute approximate surface area is 117 Å². The number of ether oxygens (including phenoxy) is 2. The van der Waals surface area contributed by atoms with Crippen molar-refractivity contribution in [3.8, 4) is 0 Å². The molecule has 0 unspecified atom stereocenters. The van der Waals surface area contributed by atoms with Gasteiger partial charge in [-0.1, -0.05) is 19.8 Å². The van der Waals surface area contributed by atoms with E-state index in [0.29, 0.717) is 19.8 Å². The molecule has 0 radical (unpaired) electrons. The number of hydrogen-bond acceptors (Lipinski definition) is 4. The number of unbranched alkanes of at least 4 members (excludes halogenated alkanes) is 2. The topological polar surface area (TPSA) is 59.6 Å². The van der Waals surface area contributed by atoms with Crippen molar-refractivity contribution in [2.75, 3.05) is 32.8 Å². The van der Waals surface area contributed by atoms with Gasteiger partial charge in [0, 0.05) is 13.1 Å². The van der Waals surface area contributed by atoms with Crippen LogP contribution in [0.3, 0.4) is 0 Å². The molecular formula is C14H30N2O3. The van der Waals surface area contributed by atoms with Gasteiger partial charge in [0.15, 0.2) is 0 Å². The third-order valence-electron chi connectivity index (χ3n) is 2.29. The van der Waals surface area contributed by atoms with Crippen LogP contribution in [-0.2, 0) is 9.47 Å². The summed E-state index contributed by atoms with van der Waals surface area (Å²) < 4.78 is 10.5. The van der Waals surface area contributed by atoms with E-state index in [1.54, 1.807) is 0 Å².